The molecule has 2 aromatic carbocycles. The zero-order valence-electron chi connectivity index (χ0n) is 12.4. The van der Waals surface area contributed by atoms with E-state index in [4.69, 9.17) is 5.73 Å². The van der Waals surface area contributed by atoms with Crippen LogP contribution in [0.4, 0.5) is 11.4 Å². The second-order valence-corrected chi connectivity index (χ2v) is 5.25. The molecule has 0 spiro atoms. The predicted octanol–water partition coefficient (Wildman–Crippen LogP) is 3.75. The fraction of sp³-hybridized carbons (Fsp3) is 0.235. The van der Waals surface area contributed by atoms with Crippen molar-refractivity contribution >= 4 is 17.3 Å². The fourth-order valence-corrected chi connectivity index (χ4v) is 2.54. The van der Waals surface area contributed by atoms with Crippen LogP contribution in [-0.4, -0.2) is 5.91 Å². The van der Waals surface area contributed by atoms with Crippen molar-refractivity contribution < 1.29 is 4.79 Å². The van der Waals surface area contributed by atoms with Crippen molar-refractivity contribution in [2.45, 2.75) is 27.7 Å². The van der Waals surface area contributed by atoms with Gasteiger partial charge < -0.3 is 11.1 Å². The Kier molecular flexibility index (Phi) is 3.79. The minimum atomic E-state index is -0.0726. The van der Waals surface area contributed by atoms with Crippen LogP contribution < -0.4 is 11.1 Å². The van der Waals surface area contributed by atoms with Crippen molar-refractivity contribution in [2.75, 3.05) is 11.1 Å². The van der Waals surface area contributed by atoms with Crippen LogP contribution in [-0.2, 0) is 0 Å². The average molecular weight is 268 g/mol. The fourth-order valence-electron chi connectivity index (χ4n) is 2.54. The van der Waals surface area contributed by atoms with Crippen molar-refractivity contribution in [3.63, 3.8) is 0 Å². The van der Waals surface area contributed by atoms with Crippen molar-refractivity contribution in [3.05, 3.63) is 58.1 Å². The van der Waals surface area contributed by atoms with Gasteiger partial charge in [0.05, 0.1) is 0 Å². The number of amides is 1. The Morgan fingerprint density at radius 1 is 0.950 bits per heavy atom. The first kappa shape index (κ1) is 14.1. The van der Waals surface area contributed by atoms with Gasteiger partial charge in [-0.1, -0.05) is 18.2 Å². The molecule has 0 radical (unpaired) electrons. The second kappa shape index (κ2) is 5.37. The lowest BCUT2D eigenvalue weighted by molar-refractivity contribution is 0.102. The monoisotopic (exact) mass is 268 g/mol. The van der Waals surface area contributed by atoms with E-state index in [1.54, 1.807) is 0 Å². The van der Waals surface area contributed by atoms with Gasteiger partial charge in [0.1, 0.15) is 0 Å². The Labute approximate surface area is 119 Å². The van der Waals surface area contributed by atoms with Crippen LogP contribution in [0.15, 0.2) is 30.3 Å². The number of hydrogen-bond donors (Lipinski definition) is 2. The van der Waals surface area contributed by atoms with E-state index >= 15 is 0 Å². The summed E-state index contributed by atoms with van der Waals surface area (Å²) in [5, 5.41) is 3.01. The van der Waals surface area contributed by atoms with E-state index in [1.807, 2.05) is 58.0 Å². The molecule has 0 heterocycles. The maximum Gasteiger partial charge on any atom is 0.256 e. The first-order valence-corrected chi connectivity index (χ1v) is 6.64. The number of benzene rings is 2. The number of nitrogen functional groups attached to an aromatic ring is 1. The molecule has 3 heteroatoms. The Bertz CT molecular complexity index is 631. The van der Waals surface area contributed by atoms with Gasteiger partial charge in [0.2, 0.25) is 0 Å². The summed E-state index contributed by atoms with van der Waals surface area (Å²) in [4.78, 5) is 12.5. The van der Waals surface area contributed by atoms with E-state index in [0.29, 0.717) is 5.69 Å². The van der Waals surface area contributed by atoms with Crippen LogP contribution in [0.25, 0.3) is 0 Å². The normalized spacial score (nSPS) is 10.4. The van der Waals surface area contributed by atoms with Gasteiger partial charge in [0.15, 0.2) is 0 Å². The molecule has 0 bridgehead atoms. The summed E-state index contributed by atoms with van der Waals surface area (Å²) >= 11 is 0. The molecule has 104 valence electrons. The highest BCUT2D eigenvalue weighted by atomic mass is 16.1. The van der Waals surface area contributed by atoms with Crippen LogP contribution in [0, 0.1) is 27.7 Å². The number of hydrogen-bond acceptors (Lipinski definition) is 2. The van der Waals surface area contributed by atoms with Crippen LogP contribution in [0.3, 0.4) is 0 Å². The van der Waals surface area contributed by atoms with E-state index in [0.717, 1.165) is 33.5 Å². The second-order valence-electron chi connectivity index (χ2n) is 5.25. The molecule has 0 atom stereocenters. The van der Waals surface area contributed by atoms with Crippen molar-refractivity contribution in [1.29, 1.82) is 0 Å². The molecule has 3 nitrogen and oxygen atoms in total. The summed E-state index contributed by atoms with van der Waals surface area (Å²) in [6.45, 7) is 7.79. The van der Waals surface area contributed by atoms with Gasteiger partial charge in [-0.3, -0.25) is 4.79 Å². The molecule has 3 N–H and O–H groups in total. The first-order chi connectivity index (χ1) is 9.40. The number of aryl methyl sites for hydroxylation is 4. The lowest BCUT2D eigenvalue weighted by Crippen LogP contribution is -2.16. The Morgan fingerprint density at radius 3 is 1.95 bits per heavy atom. The topological polar surface area (TPSA) is 55.1 Å². The Hall–Kier alpha value is -2.29. The van der Waals surface area contributed by atoms with Gasteiger partial charge in [-0.15, -0.1) is 0 Å². The van der Waals surface area contributed by atoms with Crippen molar-refractivity contribution in [2.24, 2.45) is 0 Å². The third kappa shape index (κ3) is 2.67. The smallest absolute Gasteiger partial charge is 0.256 e. The minimum Gasteiger partial charge on any atom is -0.399 e. The van der Waals surface area contributed by atoms with Crippen molar-refractivity contribution in [1.82, 2.24) is 0 Å². The number of carbonyl (C=O) groups excluding carboxylic acids is 1. The highest BCUT2D eigenvalue weighted by Gasteiger charge is 2.14. The van der Waals surface area contributed by atoms with E-state index < -0.39 is 0 Å². The van der Waals surface area contributed by atoms with Gasteiger partial charge >= 0.3 is 0 Å². The maximum absolute atomic E-state index is 12.5. The largest absolute Gasteiger partial charge is 0.399 e. The molecular weight excluding hydrogens is 248 g/mol. The molecule has 0 aromatic heterocycles. The molecule has 1 amide bonds. The number of rotatable bonds is 2. The summed E-state index contributed by atoms with van der Waals surface area (Å²) in [5.41, 5.74) is 12.0. The van der Waals surface area contributed by atoms with Gasteiger partial charge in [-0.05, 0) is 62.1 Å². The molecule has 0 unspecified atom stereocenters. The molecule has 0 aliphatic carbocycles. The van der Waals surface area contributed by atoms with Gasteiger partial charge in [-0.25, -0.2) is 0 Å². The van der Waals surface area contributed by atoms with Crippen molar-refractivity contribution in [3.8, 4) is 0 Å². The average Bonchev–Trinajstić information content (AvgIpc) is 2.33. The molecule has 0 aliphatic heterocycles. The standard InChI is InChI=1S/C17H20N2O/c1-10-6-5-7-11(2)15(10)17(20)19-16-12(3)8-14(18)9-13(16)4/h5-9H,18H2,1-4H3,(H,19,20). The summed E-state index contributed by atoms with van der Waals surface area (Å²) in [5.74, 6) is -0.0726. The summed E-state index contributed by atoms with van der Waals surface area (Å²) in [6.07, 6.45) is 0. The van der Waals surface area contributed by atoms with E-state index in [-0.39, 0.29) is 5.91 Å². The Morgan fingerprint density at radius 2 is 1.45 bits per heavy atom. The first-order valence-electron chi connectivity index (χ1n) is 6.64. The summed E-state index contributed by atoms with van der Waals surface area (Å²) in [6, 6.07) is 9.59. The van der Waals surface area contributed by atoms with Crippen LogP contribution in [0.2, 0.25) is 0 Å². The van der Waals surface area contributed by atoms with E-state index in [1.165, 1.54) is 0 Å². The lowest BCUT2D eigenvalue weighted by Gasteiger charge is -2.15. The minimum absolute atomic E-state index is 0.0726. The van der Waals surface area contributed by atoms with Crippen LogP contribution >= 0.6 is 0 Å². The SMILES string of the molecule is Cc1cc(N)cc(C)c1NC(=O)c1c(C)cccc1C. The third-order valence-electron chi connectivity index (χ3n) is 3.50. The lowest BCUT2D eigenvalue weighted by atomic mass is 10.0. The summed E-state index contributed by atoms with van der Waals surface area (Å²) < 4.78 is 0. The maximum atomic E-state index is 12.5. The molecule has 0 aliphatic rings. The van der Waals surface area contributed by atoms with Gasteiger partial charge in [-0.2, -0.15) is 0 Å². The number of carbonyl (C=O) groups is 1. The molecular formula is C17H20N2O. The molecule has 2 rings (SSSR count). The predicted molar refractivity (Wildman–Crippen MR) is 84.2 cm³/mol. The molecule has 20 heavy (non-hydrogen) atoms. The zero-order chi connectivity index (χ0) is 14.9. The molecule has 0 fully saturated rings. The number of anilines is 2. The van der Waals surface area contributed by atoms with Gasteiger partial charge in [0.25, 0.3) is 5.91 Å². The highest BCUT2D eigenvalue weighted by molar-refractivity contribution is 6.07. The number of nitrogens with two attached hydrogens (primary N) is 1. The van der Waals surface area contributed by atoms with E-state index in [2.05, 4.69) is 5.32 Å². The van der Waals surface area contributed by atoms with Crippen LogP contribution in [0.1, 0.15) is 32.6 Å². The quantitative estimate of drug-likeness (QED) is 0.815. The van der Waals surface area contributed by atoms with Gasteiger partial charge in [0, 0.05) is 16.9 Å². The zero-order valence-corrected chi connectivity index (χ0v) is 12.4. The van der Waals surface area contributed by atoms with Crippen LogP contribution in [0.5, 0.6) is 0 Å². The number of nitrogens with one attached hydrogen (secondary N) is 1. The molecule has 0 saturated heterocycles. The molecule has 0 saturated carbocycles. The van der Waals surface area contributed by atoms with E-state index in [9.17, 15) is 4.79 Å². The highest BCUT2D eigenvalue weighted by Crippen LogP contribution is 2.25. The summed E-state index contributed by atoms with van der Waals surface area (Å²) in [7, 11) is 0. The third-order valence-corrected chi connectivity index (χ3v) is 3.50. The Balaban J connectivity index is 2.38. The molecule has 2 aromatic rings.